The minimum Gasteiger partial charge on any atom is -0.385 e. The average Bonchev–Trinajstić information content (AvgIpc) is 0.811. The van der Waals surface area contributed by atoms with E-state index in [1.807, 2.05) is 0 Å². The molecular formula is CH7NS2Si. The predicted molar refractivity (Wildman–Crippen MR) is 37.1 cm³/mol. The third-order valence-corrected chi connectivity index (χ3v) is 0. The first-order valence-electron chi connectivity index (χ1n) is 0.716. The number of nitrogens with two attached hydrogens (primary N) is 1. The Morgan fingerprint density at radius 1 is 1.80 bits per heavy atom. The molecule has 0 saturated heterocycles. The maximum absolute atomic E-state index is 4.71. The van der Waals surface area contributed by atoms with Crippen molar-refractivity contribution in [3.63, 3.8) is 0 Å². The van der Waals surface area contributed by atoms with Gasteiger partial charge in [-0.1, -0.05) is 12.2 Å². The van der Waals surface area contributed by atoms with Crippen LogP contribution < -0.4 is 5.73 Å². The van der Waals surface area contributed by atoms with Crippen LogP contribution in [0.3, 0.4) is 0 Å². The van der Waals surface area contributed by atoms with Gasteiger partial charge in [-0.3, -0.25) is 0 Å². The molecule has 0 spiro atoms. The number of rotatable bonds is 0. The van der Waals surface area contributed by atoms with Gasteiger partial charge in [-0.2, -0.15) is 0 Å². The average molecular weight is 125 g/mol. The summed E-state index contributed by atoms with van der Waals surface area (Å²) in [5, 5.41) is 0. The first kappa shape index (κ1) is 9.07. The van der Waals surface area contributed by atoms with Crippen LogP contribution in [-0.4, -0.2) is 15.3 Å². The van der Waals surface area contributed by atoms with E-state index >= 15 is 0 Å². The molecule has 0 aromatic heterocycles. The third kappa shape index (κ3) is 129. The fourth-order valence-corrected chi connectivity index (χ4v) is 0. The SMILES string of the molecule is NC(=S)S.[SiH4]. The van der Waals surface area contributed by atoms with Gasteiger partial charge >= 0.3 is 0 Å². The second-order valence-electron chi connectivity index (χ2n) is 0.338. The van der Waals surface area contributed by atoms with E-state index in [0.29, 0.717) is 0 Å². The van der Waals surface area contributed by atoms with Crippen molar-refractivity contribution in [1.82, 2.24) is 0 Å². The molecule has 0 radical (unpaired) electrons. The summed E-state index contributed by atoms with van der Waals surface area (Å²) in [6.07, 6.45) is 0. The fraction of sp³-hybridized carbons (Fsp3) is 0. The molecule has 5 heavy (non-hydrogen) atoms. The van der Waals surface area contributed by atoms with Gasteiger partial charge in [-0.25, -0.2) is 0 Å². The van der Waals surface area contributed by atoms with Crippen LogP contribution in [0.15, 0.2) is 0 Å². The minimum atomic E-state index is 0. The Hall–Kier alpha value is 0.457. The lowest BCUT2D eigenvalue weighted by molar-refractivity contribution is 1.91. The van der Waals surface area contributed by atoms with Crippen LogP contribution in [0.25, 0.3) is 0 Å². The zero-order valence-corrected chi connectivity index (χ0v) is 3.64. The Kier molecular flexibility index (Phi) is 8.09. The number of thiocarbonyl (C=S) groups is 1. The van der Waals surface area contributed by atoms with E-state index in [9.17, 15) is 0 Å². The summed E-state index contributed by atoms with van der Waals surface area (Å²) in [6, 6.07) is 0. The Balaban J connectivity index is 0. The van der Waals surface area contributed by atoms with Crippen LogP contribution in [-0.2, 0) is 0 Å². The quantitative estimate of drug-likeness (QED) is 0.239. The van der Waals surface area contributed by atoms with Crippen LogP contribution in [0.1, 0.15) is 0 Å². The predicted octanol–water partition coefficient (Wildman–Crippen LogP) is -1.29. The Morgan fingerprint density at radius 3 is 1.80 bits per heavy atom. The van der Waals surface area contributed by atoms with Crippen LogP contribution in [0.4, 0.5) is 0 Å². The Morgan fingerprint density at radius 2 is 1.80 bits per heavy atom. The molecule has 0 heterocycles. The summed E-state index contributed by atoms with van der Waals surface area (Å²) in [5.41, 5.74) is 4.71. The van der Waals surface area contributed by atoms with Gasteiger partial charge in [-0.05, 0) is 11.0 Å². The molecule has 2 N–H and O–H groups in total. The molecule has 0 aromatic rings. The van der Waals surface area contributed by atoms with Gasteiger partial charge in [0.15, 0.2) is 0 Å². The monoisotopic (exact) mass is 125 g/mol. The molecule has 0 atom stereocenters. The van der Waals surface area contributed by atoms with Crippen LogP contribution >= 0.6 is 24.8 Å². The van der Waals surface area contributed by atoms with Gasteiger partial charge < -0.3 is 5.73 Å². The maximum Gasteiger partial charge on any atom is 0.128 e. The summed E-state index contributed by atoms with van der Waals surface area (Å²) in [5.74, 6) is 0. The third-order valence-electron chi connectivity index (χ3n) is 0. The number of hydrogen-bond acceptors (Lipinski definition) is 1. The topological polar surface area (TPSA) is 26.0 Å². The number of thiol groups is 1. The van der Waals surface area contributed by atoms with E-state index in [1.54, 1.807) is 0 Å². The van der Waals surface area contributed by atoms with Gasteiger partial charge in [0.25, 0.3) is 0 Å². The maximum atomic E-state index is 4.71. The molecule has 0 aliphatic carbocycles. The molecule has 0 fully saturated rings. The molecule has 4 heteroatoms. The van der Waals surface area contributed by atoms with Crippen LogP contribution in [0.2, 0.25) is 0 Å². The first-order chi connectivity index (χ1) is 1.73. The van der Waals surface area contributed by atoms with Crippen molar-refractivity contribution in [1.29, 1.82) is 0 Å². The minimum absolute atomic E-state index is 0. The molecule has 0 bridgehead atoms. The molecule has 0 saturated carbocycles. The number of hydrogen-bond donors (Lipinski definition) is 2. The lowest BCUT2D eigenvalue weighted by Crippen LogP contribution is -1.94. The lowest BCUT2D eigenvalue weighted by Gasteiger charge is -1.64. The van der Waals surface area contributed by atoms with Crippen molar-refractivity contribution in [2.45, 2.75) is 0 Å². The van der Waals surface area contributed by atoms with E-state index in [1.165, 1.54) is 0 Å². The summed E-state index contributed by atoms with van der Waals surface area (Å²) >= 11 is 7.65. The summed E-state index contributed by atoms with van der Waals surface area (Å²) in [6.45, 7) is 0. The second-order valence-corrected chi connectivity index (χ2v) is 1.56. The highest BCUT2D eigenvalue weighted by atomic mass is 32.1. The van der Waals surface area contributed by atoms with E-state index in [2.05, 4.69) is 24.8 Å². The van der Waals surface area contributed by atoms with E-state index in [-0.39, 0.29) is 15.3 Å². The van der Waals surface area contributed by atoms with Gasteiger partial charge in [0.1, 0.15) is 4.32 Å². The molecule has 1 nitrogen and oxygen atoms in total. The van der Waals surface area contributed by atoms with Crippen molar-refractivity contribution in [3.8, 4) is 0 Å². The molecule has 0 rings (SSSR count). The molecule has 0 aliphatic rings. The van der Waals surface area contributed by atoms with Crippen LogP contribution in [0.5, 0.6) is 0 Å². The van der Waals surface area contributed by atoms with E-state index < -0.39 is 0 Å². The molecule has 0 unspecified atom stereocenters. The smallest absolute Gasteiger partial charge is 0.128 e. The zero-order valence-electron chi connectivity index (χ0n) is 1.93. The van der Waals surface area contributed by atoms with Crippen molar-refractivity contribution < 1.29 is 0 Å². The second kappa shape index (κ2) is 4.46. The van der Waals surface area contributed by atoms with E-state index in [4.69, 9.17) is 5.73 Å². The van der Waals surface area contributed by atoms with Gasteiger partial charge in [0, 0.05) is 0 Å². The standard InChI is InChI=1S/CH3NS2.H4Si/c2-1(3)4;/h(H3,2,3,4);1H4. The Bertz CT molecular complexity index is 32.6. The van der Waals surface area contributed by atoms with Crippen molar-refractivity contribution in [2.75, 3.05) is 0 Å². The van der Waals surface area contributed by atoms with Crippen molar-refractivity contribution in [3.05, 3.63) is 0 Å². The highest BCUT2D eigenvalue weighted by Gasteiger charge is 1.55. The molecule has 0 amide bonds. The normalized spacial score (nSPS) is 5.00. The largest absolute Gasteiger partial charge is 0.385 e. The van der Waals surface area contributed by atoms with Gasteiger partial charge in [0.05, 0.1) is 0 Å². The molecule has 0 aromatic carbocycles. The molecular weight excluding hydrogens is 118 g/mol. The molecule has 32 valence electrons. The van der Waals surface area contributed by atoms with E-state index in [0.717, 1.165) is 0 Å². The highest BCUT2D eigenvalue weighted by molar-refractivity contribution is 8.10. The highest BCUT2D eigenvalue weighted by Crippen LogP contribution is 1.63. The van der Waals surface area contributed by atoms with Crippen LogP contribution in [0, 0.1) is 0 Å². The summed E-state index contributed by atoms with van der Waals surface area (Å²) in [7, 11) is 0. The first-order valence-corrected chi connectivity index (χ1v) is 1.57. The molecule has 0 aliphatic heterocycles. The fourth-order valence-electron chi connectivity index (χ4n) is 0. The van der Waals surface area contributed by atoms with Crippen molar-refractivity contribution in [2.24, 2.45) is 5.73 Å². The van der Waals surface area contributed by atoms with Gasteiger partial charge in [-0.15, -0.1) is 12.6 Å². The summed E-state index contributed by atoms with van der Waals surface area (Å²) in [4.78, 5) is 0. The van der Waals surface area contributed by atoms with Crippen molar-refractivity contribution >= 4 is 40.1 Å². The Labute approximate surface area is 46.4 Å². The summed E-state index contributed by atoms with van der Waals surface area (Å²) < 4.78 is 0.194. The van der Waals surface area contributed by atoms with Gasteiger partial charge in [0.2, 0.25) is 0 Å². The zero-order chi connectivity index (χ0) is 3.58. The lowest BCUT2D eigenvalue weighted by atomic mass is 11.5.